The van der Waals surface area contributed by atoms with Gasteiger partial charge in [0.25, 0.3) is 11.5 Å². The van der Waals surface area contributed by atoms with Crippen LogP contribution in [0.25, 0.3) is 16.7 Å². The molecule has 0 aliphatic heterocycles. The number of carbonyl (C=O) groups is 1. The summed E-state index contributed by atoms with van der Waals surface area (Å²) < 4.78 is 3.30. The lowest BCUT2D eigenvalue weighted by Crippen LogP contribution is -2.33. The molecular weight excluding hydrogens is 396 g/mol. The van der Waals surface area contributed by atoms with Gasteiger partial charge in [-0.1, -0.05) is 6.07 Å². The van der Waals surface area contributed by atoms with Gasteiger partial charge in [0.15, 0.2) is 5.65 Å². The van der Waals surface area contributed by atoms with Gasteiger partial charge in [-0.05, 0) is 44.4 Å². The van der Waals surface area contributed by atoms with Crippen LogP contribution >= 0.6 is 0 Å². The van der Waals surface area contributed by atoms with E-state index in [1.54, 1.807) is 13.0 Å². The first-order valence-electron chi connectivity index (χ1n) is 10.4. The molecule has 0 radical (unpaired) electrons. The highest BCUT2D eigenvalue weighted by molar-refractivity contribution is 6.05. The average Bonchev–Trinajstić information content (AvgIpc) is 3.51. The molecule has 9 heteroatoms. The van der Waals surface area contributed by atoms with Crippen molar-refractivity contribution in [3.8, 4) is 0 Å². The minimum absolute atomic E-state index is 0.134. The predicted molar refractivity (Wildman–Crippen MR) is 115 cm³/mol. The molecule has 0 atom stereocenters. The van der Waals surface area contributed by atoms with Crippen LogP contribution in [0.5, 0.6) is 0 Å². The molecule has 1 amide bonds. The quantitative estimate of drug-likeness (QED) is 0.514. The van der Waals surface area contributed by atoms with Crippen molar-refractivity contribution in [2.45, 2.75) is 45.7 Å². The second-order valence-corrected chi connectivity index (χ2v) is 7.91. The van der Waals surface area contributed by atoms with E-state index in [0.29, 0.717) is 12.2 Å². The van der Waals surface area contributed by atoms with Crippen molar-refractivity contribution < 1.29 is 4.79 Å². The molecule has 0 bridgehead atoms. The number of aromatic nitrogens is 5. The largest absolute Gasteiger partial charge is 0.346 e. The van der Waals surface area contributed by atoms with Gasteiger partial charge in [-0.25, -0.2) is 14.8 Å². The van der Waals surface area contributed by atoms with E-state index < -0.39 is 17.2 Å². The lowest BCUT2D eigenvalue weighted by atomic mass is 10.1. The van der Waals surface area contributed by atoms with Crippen LogP contribution in [-0.4, -0.2) is 29.8 Å². The number of hydrogen-bond donors (Lipinski definition) is 2. The Morgan fingerprint density at radius 3 is 2.77 bits per heavy atom. The molecule has 4 aromatic rings. The second kappa shape index (κ2) is 7.19. The zero-order valence-corrected chi connectivity index (χ0v) is 17.3. The summed E-state index contributed by atoms with van der Waals surface area (Å²) in [5.41, 5.74) is 2.69. The lowest BCUT2D eigenvalue weighted by molar-refractivity contribution is 0.0952. The number of H-pyrrole nitrogens is 1. The smallest absolute Gasteiger partial charge is 0.329 e. The van der Waals surface area contributed by atoms with Gasteiger partial charge in [-0.2, -0.15) is 0 Å². The summed E-state index contributed by atoms with van der Waals surface area (Å²) in [5.74, 6) is -0.132. The molecule has 31 heavy (non-hydrogen) atoms. The lowest BCUT2D eigenvalue weighted by Gasteiger charge is -2.12. The predicted octanol–water partition coefficient (Wildman–Crippen LogP) is 1.87. The van der Waals surface area contributed by atoms with Gasteiger partial charge in [0.1, 0.15) is 5.65 Å². The zero-order valence-electron chi connectivity index (χ0n) is 17.3. The van der Waals surface area contributed by atoms with Crippen molar-refractivity contribution in [2.24, 2.45) is 0 Å². The number of pyridine rings is 2. The van der Waals surface area contributed by atoms with Gasteiger partial charge in [0.05, 0.1) is 23.2 Å². The third-order valence-electron chi connectivity index (χ3n) is 5.68. The monoisotopic (exact) mass is 418 g/mol. The first-order chi connectivity index (χ1) is 15.0. The Kier molecular flexibility index (Phi) is 4.46. The maximum absolute atomic E-state index is 13.1. The number of carbonyl (C=O) groups excluding carboxylic acids is 1. The number of aryl methyl sites for hydroxylation is 2. The van der Waals surface area contributed by atoms with Crippen LogP contribution in [0.15, 0.2) is 40.2 Å². The Hall–Kier alpha value is -3.75. The molecule has 0 spiro atoms. The highest BCUT2D eigenvalue weighted by atomic mass is 16.2. The van der Waals surface area contributed by atoms with Gasteiger partial charge in [-0.15, -0.1) is 0 Å². The number of aromatic amines is 1. The SMILES string of the molecule is CCn1c(=O)[nH]c(=O)c2c(C(=O)NCc3cn4cccc(C)c4n3)cc(C3CC3)nc21. The first kappa shape index (κ1) is 19.2. The van der Waals surface area contributed by atoms with Gasteiger partial charge >= 0.3 is 5.69 Å². The van der Waals surface area contributed by atoms with E-state index in [-0.39, 0.29) is 29.1 Å². The van der Waals surface area contributed by atoms with Gasteiger partial charge in [-0.3, -0.25) is 19.1 Å². The van der Waals surface area contributed by atoms with Crippen LogP contribution in [0, 0.1) is 6.92 Å². The van der Waals surface area contributed by atoms with Crippen LogP contribution in [0.2, 0.25) is 0 Å². The minimum Gasteiger partial charge on any atom is -0.346 e. The summed E-state index contributed by atoms with van der Waals surface area (Å²) in [6, 6.07) is 5.60. The van der Waals surface area contributed by atoms with E-state index in [1.165, 1.54) is 4.57 Å². The third kappa shape index (κ3) is 3.31. The summed E-state index contributed by atoms with van der Waals surface area (Å²) in [5, 5.41) is 3.00. The molecule has 0 aromatic carbocycles. The Balaban J connectivity index is 1.55. The fourth-order valence-electron chi connectivity index (χ4n) is 3.91. The summed E-state index contributed by atoms with van der Waals surface area (Å²) in [4.78, 5) is 49.4. The Labute approximate surface area is 176 Å². The van der Waals surface area contributed by atoms with Gasteiger partial charge < -0.3 is 9.72 Å². The Morgan fingerprint density at radius 1 is 1.26 bits per heavy atom. The van der Waals surface area contributed by atoms with Crippen molar-refractivity contribution in [2.75, 3.05) is 0 Å². The molecule has 158 valence electrons. The fourth-order valence-corrected chi connectivity index (χ4v) is 3.91. The van der Waals surface area contributed by atoms with E-state index >= 15 is 0 Å². The van der Waals surface area contributed by atoms with E-state index in [1.807, 2.05) is 35.9 Å². The summed E-state index contributed by atoms with van der Waals surface area (Å²) in [7, 11) is 0. The molecule has 9 nitrogen and oxygen atoms in total. The number of nitrogens with zero attached hydrogens (tertiary/aromatic N) is 4. The molecule has 1 aliphatic carbocycles. The van der Waals surface area contributed by atoms with Crippen LogP contribution in [0.1, 0.15) is 53.0 Å². The van der Waals surface area contributed by atoms with Crippen LogP contribution < -0.4 is 16.6 Å². The van der Waals surface area contributed by atoms with E-state index in [9.17, 15) is 14.4 Å². The van der Waals surface area contributed by atoms with Crippen molar-refractivity contribution in [3.05, 3.63) is 73.9 Å². The van der Waals surface area contributed by atoms with Crippen molar-refractivity contribution in [1.29, 1.82) is 0 Å². The summed E-state index contributed by atoms with van der Waals surface area (Å²) >= 11 is 0. The molecule has 4 heterocycles. The number of hydrogen-bond acceptors (Lipinski definition) is 5. The number of imidazole rings is 1. The van der Waals surface area contributed by atoms with Crippen LogP contribution in [-0.2, 0) is 13.1 Å². The molecule has 1 saturated carbocycles. The topological polar surface area (TPSA) is 114 Å². The molecule has 0 unspecified atom stereocenters. The zero-order chi connectivity index (χ0) is 21.7. The number of rotatable bonds is 5. The maximum atomic E-state index is 13.1. The summed E-state index contributed by atoms with van der Waals surface area (Å²) in [6.45, 7) is 4.34. The van der Waals surface area contributed by atoms with Gasteiger partial charge in [0.2, 0.25) is 0 Å². The average molecular weight is 418 g/mol. The van der Waals surface area contributed by atoms with Crippen molar-refractivity contribution in [3.63, 3.8) is 0 Å². The maximum Gasteiger partial charge on any atom is 0.329 e. The highest BCUT2D eigenvalue weighted by Crippen LogP contribution is 2.39. The van der Waals surface area contributed by atoms with Gasteiger partial charge in [0, 0.05) is 30.6 Å². The molecule has 2 N–H and O–H groups in total. The van der Waals surface area contributed by atoms with E-state index in [0.717, 1.165) is 29.7 Å². The fraction of sp³-hybridized carbons (Fsp3) is 0.318. The molecule has 1 fully saturated rings. The Morgan fingerprint density at radius 2 is 2.06 bits per heavy atom. The van der Waals surface area contributed by atoms with E-state index in [4.69, 9.17) is 0 Å². The molecular formula is C22H22N6O3. The second-order valence-electron chi connectivity index (χ2n) is 7.91. The highest BCUT2D eigenvalue weighted by Gasteiger charge is 2.28. The number of amides is 1. The first-order valence-corrected chi connectivity index (χ1v) is 10.4. The minimum atomic E-state index is -0.604. The van der Waals surface area contributed by atoms with Crippen molar-refractivity contribution >= 4 is 22.6 Å². The normalized spacial score (nSPS) is 13.7. The molecule has 5 rings (SSSR count). The number of nitrogens with one attached hydrogen (secondary N) is 2. The Bertz CT molecular complexity index is 1460. The molecule has 0 saturated heterocycles. The summed E-state index contributed by atoms with van der Waals surface area (Å²) in [6.07, 6.45) is 5.74. The number of fused-ring (bicyclic) bond motifs is 2. The third-order valence-corrected chi connectivity index (χ3v) is 5.68. The molecule has 1 aliphatic rings. The van der Waals surface area contributed by atoms with Crippen molar-refractivity contribution in [1.82, 2.24) is 29.2 Å². The van der Waals surface area contributed by atoms with Crippen LogP contribution in [0.3, 0.4) is 0 Å². The van der Waals surface area contributed by atoms with Crippen LogP contribution in [0.4, 0.5) is 0 Å². The standard InChI is InChI=1S/C22H22N6O3/c1-3-28-19-17(21(30)26-22(28)31)15(9-16(25-19)13-6-7-13)20(29)23-10-14-11-27-8-4-5-12(2)18(27)24-14/h4-5,8-9,11,13H,3,6-7,10H2,1-2H3,(H,23,29)(H,26,30,31). The molecule has 4 aromatic heterocycles. The van der Waals surface area contributed by atoms with E-state index in [2.05, 4.69) is 20.3 Å².